The van der Waals surface area contributed by atoms with Gasteiger partial charge in [0.05, 0.1) is 0 Å². The van der Waals surface area contributed by atoms with Crippen molar-refractivity contribution < 1.29 is 0 Å². The van der Waals surface area contributed by atoms with Crippen molar-refractivity contribution >= 4 is 0 Å². The highest BCUT2D eigenvalue weighted by atomic mass is 15.2. The summed E-state index contributed by atoms with van der Waals surface area (Å²) < 4.78 is 0. The molecule has 2 aliphatic heterocycles. The molecule has 2 fully saturated rings. The Morgan fingerprint density at radius 1 is 1.07 bits per heavy atom. The van der Waals surface area contributed by atoms with Crippen molar-refractivity contribution in [2.75, 3.05) is 13.1 Å². The molecular formula is C12H24N2. The van der Waals surface area contributed by atoms with E-state index in [1.165, 1.54) is 45.2 Å². The highest BCUT2D eigenvalue weighted by molar-refractivity contribution is 4.85. The van der Waals surface area contributed by atoms with Crippen molar-refractivity contribution in [1.29, 1.82) is 0 Å². The third-order valence-corrected chi connectivity index (χ3v) is 3.97. The summed E-state index contributed by atoms with van der Waals surface area (Å²) in [6.45, 7) is 7.30. The number of rotatable bonds is 2. The van der Waals surface area contributed by atoms with E-state index >= 15 is 0 Å². The van der Waals surface area contributed by atoms with Crippen molar-refractivity contribution in [2.24, 2.45) is 0 Å². The summed E-state index contributed by atoms with van der Waals surface area (Å²) in [6, 6.07) is 2.39. The van der Waals surface area contributed by atoms with Crippen LogP contribution in [-0.2, 0) is 0 Å². The van der Waals surface area contributed by atoms with Gasteiger partial charge in [0, 0.05) is 24.7 Å². The maximum atomic E-state index is 3.60. The molecular weight excluding hydrogens is 172 g/mol. The smallest absolute Gasteiger partial charge is 0.0195 e. The minimum absolute atomic E-state index is 0.776. The molecule has 2 rings (SSSR count). The number of hydrogen-bond acceptors (Lipinski definition) is 2. The summed E-state index contributed by atoms with van der Waals surface area (Å²) in [5.74, 6) is 0. The molecule has 82 valence electrons. The molecule has 0 amide bonds. The van der Waals surface area contributed by atoms with E-state index in [2.05, 4.69) is 24.1 Å². The lowest BCUT2D eigenvalue weighted by Crippen LogP contribution is -2.49. The Labute approximate surface area is 88.1 Å². The summed E-state index contributed by atoms with van der Waals surface area (Å²) in [4.78, 5) is 2.71. The van der Waals surface area contributed by atoms with Gasteiger partial charge in [-0.2, -0.15) is 0 Å². The molecule has 0 bridgehead atoms. The van der Waals surface area contributed by atoms with Crippen LogP contribution in [0.15, 0.2) is 0 Å². The van der Waals surface area contributed by atoms with Crippen molar-refractivity contribution in [2.45, 2.75) is 64.1 Å². The van der Waals surface area contributed by atoms with Crippen molar-refractivity contribution in [3.8, 4) is 0 Å². The van der Waals surface area contributed by atoms with Gasteiger partial charge in [0.2, 0.25) is 0 Å². The molecule has 2 heteroatoms. The zero-order chi connectivity index (χ0) is 9.97. The quantitative estimate of drug-likeness (QED) is 0.726. The van der Waals surface area contributed by atoms with Gasteiger partial charge in [-0.1, -0.05) is 6.42 Å². The zero-order valence-electron chi connectivity index (χ0n) is 9.63. The van der Waals surface area contributed by atoms with Crippen LogP contribution in [0.25, 0.3) is 0 Å². The molecule has 2 saturated heterocycles. The molecule has 14 heavy (non-hydrogen) atoms. The zero-order valence-corrected chi connectivity index (χ0v) is 9.63. The molecule has 2 nitrogen and oxygen atoms in total. The third-order valence-electron chi connectivity index (χ3n) is 3.97. The minimum atomic E-state index is 0.776. The summed E-state index contributed by atoms with van der Waals surface area (Å²) in [6.07, 6.45) is 6.99. The average Bonchev–Trinajstić information content (AvgIpc) is 2.64. The van der Waals surface area contributed by atoms with Crippen LogP contribution in [0.2, 0.25) is 0 Å². The monoisotopic (exact) mass is 196 g/mol. The van der Waals surface area contributed by atoms with Crippen LogP contribution >= 0.6 is 0 Å². The van der Waals surface area contributed by atoms with Gasteiger partial charge in [-0.05, 0) is 46.1 Å². The predicted molar refractivity (Wildman–Crippen MR) is 60.5 cm³/mol. The van der Waals surface area contributed by atoms with Crippen molar-refractivity contribution in [1.82, 2.24) is 10.2 Å². The van der Waals surface area contributed by atoms with E-state index in [0.717, 1.165) is 18.1 Å². The number of likely N-dealkylation sites (tertiary alicyclic amines) is 1. The normalized spacial score (nSPS) is 40.3. The highest BCUT2D eigenvalue weighted by Gasteiger charge is 2.27. The summed E-state index contributed by atoms with van der Waals surface area (Å²) in [5, 5.41) is 3.60. The summed E-state index contributed by atoms with van der Waals surface area (Å²) in [7, 11) is 0. The Hall–Kier alpha value is -0.0800. The fraction of sp³-hybridized carbons (Fsp3) is 1.00. The second-order valence-corrected chi connectivity index (χ2v) is 5.12. The lowest BCUT2D eigenvalue weighted by atomic mass is 9.96. The maximum absolute atomic E-state index is 3.60. The van der Waals surface area contributed by atoms with Gasteiger partial charge < -0.3 is 5.32 Å². The van der Waals surface area contributed by atoms with Crippen LogP contribution in [0.5, 0.6) is 0 Å². The van der Waals surface area contributed by atoms with Gasteiger partial charge in [0.15, 0.2) is 0 Å². The van der Waals surface area contributed by atoms with E-state index < -0.39 is 0 Å². The number of nitrogens with one attached hydrogen (secondary N) is 1. The number of nitrogens with zero attached hydrogens (tertiary/aromatic N) is 1. The number of piperidine rings is 1. The SMILES string of the molecule is C[C@@H]1CCC[C@@H](C)N1C[C@H]1CCCN1. The first-order chi connectivity index (χ1) is 6.77. The molecule has 0 aliphatic carbocycles. The van der Waals surface area contributed by atoms with Gasteiger partial charge in [0.1, 0.15) is 0 Å². The standard InChI is InChI=1S/C12H24N2/c1-10-5-3-6-11(2)14(10)9-12-7-4-8-13-12/h10-13H,3-9H2,1-2H3/t10-,11-,12-/m1/s1. The van der Waals surface area contributed by atoms with E-state index in [4.69, 9.17) is 0 Å². The molecule has 0 spiro atoms. The Morgan fingerprint density at radius 2 is 1.79 bits per heavy atom. The van der Waals surface area contributed by atoms with Crippen LogP contribution in [0.1, 0.15) is 46.0 Å². The molecule has 1 N–H and O–H groups in total. The Bertz CT molecular complexity index is 165. The van der Waals surface area contributed by atoms with E-state index in [-0.39, 0.29) is 0 Å². The number of hydrogen-bond donors (Lipinski definition) is 1. The lowest BCUT2D eigenvalue weighted by Gasteiger charge is -2.40. The molecule has 0 aromatic carbocycles. The fourth-order valence-electron chi connectivity index (χ4n) is 3.00. The van der Waals surface area contributed by atoms with Gasteiger partial charge in [-0.25, -0.2) is 0 Å². The first-order valence-electron chi connectivity index (χ1n) is 6.26. The maximum Gasteiger partial charge on any atom is 0.0195 e. The molecule has 0 radical (unpaired) electrons. The molecule has 3 atom stereocenters. The minimum Gasteiger partial charge on any atom is -0.313 e. The van der Waals surface area contributed by atoms with Gasteiger partial charge in [0.25, 0.3) is 0 Å². The fourth-order valence-corrected chi connectivity index (χ4v) is 3.00. The van der Waals surface area contributed by atoms with E-state index in [1.807, 2.05) is 0 Å². The van der Waals surface area contributed by atoms with Crippen molar-refractivity contribution in [3.05, 3.63) is 0 Å². The van der Waals surface area contributed by atoms with Gasteiger partial charge in [-0.15, -0.1) is 0 Å². The Morgan fingerprint density at radius 3 is 2.36 bits per heavy atom. The van der Waals surface area contributed by atoms with Crippen LogP contribution in [0, 0.1) is 0 Å². The topological polar surface area (TPSA) is 15.3 Å². The van der Waals surface area contributed by atoms with Crippen LogP contribution in [-0.4, -0.2) is 36.1 Å². The van der Waals surface area contributed by atoms with Crippen LogP contribution in [0.4, 0.5) is 0 Å². The van der Waals surface area contributed by atoms with Crippen LogP contribution < -0.4 is 5.32 Å². The first-order valence-corrected chi connectivity index (χ1v) is 6.26. The molecule has 0 saturated carbocycles. The second kappa shape index (κ2) is 4.63. The molecule has 0 unspecified atom stereocenters. The molecule has 0 aromatic heterocycles. The molecule has 0 aromatic rings. The van der Waals surface area contributed by atoms with Gasteiger partial charge in [-0.3, -0.25) is 4.90 Å². The largest absolute Gasteiger partial charge is 0.313 e. The Kier molecular flexibility index (Phi) is 3.45. The lowest BCUT2D eigenvalue weighted by molar-refractivity contribution is 0.0936. The Balaban J connectivity index is 1.86. The van der Waals surface area contributed by atoms with Crippen LogP contribution in [0.3, 0.4) is 0 Å². The first kappa shape index (κ1) is 10.4. The van der Waals surface area contributed by atoms with Crippen molar-refractivity contribution in [3.63, 3.8) is 0 Å². The third kappa shape index (κ3) is 2.29. The summed E-state index contributed by atoms with van der Waals surface area (Å²) in [5.41, 5.74) is 0. The highest BCUT2D eigenvalue weighted by Crippen LogP contribution is 2.23. The van der Waals surface area contributed by atoms with Gasteiger partial charge >= 0.3 is 0 Å². The average molecular weight is 196 g/mol. The van der Waals surface area contributed by atoms with E-state index in [1.54, 1.807) is 0 Å². The predicted octanol–water partition coefficient (Wildman–Crippen LogP) is 2.00. The second-order valence-electron chi connectivity index (χ2n) is 5.12. The summed E-state index contributed by atoms with van der Waals surface area (Å²) >= 11 is 0. The van der Waals surface area contributed by atoms with E-state index in [9.17, 15) is 0 Å². The molecule has 2 heterocycles. The molecule has 2 aliphatic rings. The van der Waals surface area contributed by atoms with E-state index in [0.29, 0.717) is 0 Å².